The van der Waals surface area contributed by atoms with Crippen LogP contribution in [0.1, 0.15) is 42.7 Å². The van der Waals surface area contributed by atoms with Crippen molar-refractivity contribution in [1.82, 2.24) is 10.2 Å². The molecule has 2 unspecified atom stereocenters. The zero-order valence-corrected chi connectivity index (χ0v) is 12.1. The average Bonchev–Trinajstić information content (AvgIpc) is 3.02. The molecule has 1 fully saturated rings. The molecule has 0 aromatic carbocycles. The molecule has 2 aliphatic heterocycles. The van der Waals surface area contributed by atoms with E-state index in [4.69, 9.17) is 0 Å². The smallest absolute Gasteiger partial charge is 0.0331 e. The molecule has 0 bridgehead atoms. The summed E-state index contributed by atoms with van der Waals surface area (Å²) < 4.78 is 0. The Hall–Kier alpha value is -0.380. The van der Waals surface area contributed by atoms with Gasteiger partial charge in [0.05, 0.1) is 0 Å². The van der Waals surface area contributed by atoms with Gasteiger partial charge in [0.25, 0.3) is 0 Å². The Morgan fingerprint density at radius 1 is 1.50 bits per heavy atom. The van der Waals surface area contributed by atoms with Crippen LogP contribution < -0.4 is 5.32 Å². The van der Waals surface area contributed by atoms with Crippen LogP contribution in [0.4, 0.5) is 0 Å². The van der Waals surface area contributed by atoms with Gasteiger partial charge in [-0.3, -0.25) is 4.90 Å². The molecule has 0 saturated carbocycles. The lowest BCUT2D eigenvalue weighted by molar-refractivity contribution is 0.193. The van der Waals surface area contributed by atoms with Gasteiger partial charge >= 0.3 is 0 Å². The third kappa shape index (κ3) is 2.63. The average molecular weight is 264 g/mol. The predicted molar refractivity (Wildman–Crippen MR) is 78.2 cm³/mol. The van der Waals surface area contributed by atoms with E-state index in [1.165, 1.54) is 51.9 Å². The third-order valence-electron chi connectivity index (χ3n) is 4.62. The summed E-state index contributed by atoms with van der Waals surface area (Å²) in [6, 6.07) is 2.97. The highest BCUT2D eigenvalue weighted by molar-refractivity contribution is 7.10. The Morgan fingerprint density at radius 2 is 2.44 bits per heavy atom. The highest BCUT2D eigenvalue weighted by atomic mass is 32.1. The van der Waals surface area contributed by atoms with Crippen molar-refractivity contribution in [2.45, 2.75) is 38.6 Å². The Labute approximate surface area is 114 Å². The standard InChI is InChI=1S/C15H24N2S/c1-12-14-6-10-18-15(14)5-9-17(12)8-2-3-13-4-7-16-11-13/h6,10,12-13,16H,2-5,7-9,11H2,1H3. The fourth-order valence-electron chi connectivity index (χ4n) is 3.41. The van der Waals surface area contributed by atoms with Crippen LogP contribution in [0.3, 0.4) is 0 Å². The van der Waals surface area contributed by atoms with E-state index in [2.05, 4.69) is 28.6 Å². The fourth-order valence-corrected chi connectivity index (χ4v) is 4.37. The van der Waals surface area contributed by atoms with Crippen LogP contribution in [0.25, 0.3) is 0 Å². The van der Waals surface area contributed by atoms with Crippen LogP contribution >= 0.6 is 11.3 Å². The molecule has 0 amide bonds. The number of hydrogen-bond acceptors (Lipinski definition) is 3. The van der Waals surface area contributed by atoms with Gasteiger partial charge in [-0.05, 0) is 75.2 Å². The largest absolute Gasteiger partial charge is 0.316 e. The molecule has 3 heteroatoms. The summed E-state index contributed by atoms with van der Waals surface area (Å²) in [5, 5.41) is 5.73. The van der Waals surface area contributed by atoms with Crippen LogP contribution in [0.5, 0.6) is 0 Å². The molecule has 18 heavy (non-hydrogen) atoms. The highest BCUT2D eigenvalue weighted by Crippen LogP contribution is 2.33. The first-order chi connectivity index (χ1) is 8.84. The van der Waals surface area contributed by atoms with Gasteiger partial charge in [0, 0.05) is 17.5 Å². The molecular formula is C15H24N2S. The minimum atomic E-state index is 0.640. The van der Waals surface area contributed by atoms with Crippen LogP contribution in [-0.4, -0.2) is 31.1 Å². The first-order valence-electron chi connectivity index (χ1n) is 7.35. The van der Waals surface area contributed by atoms with Gasteiger partial charge in [-0.2, -0.15) is 0 Å². The van der Waals surface area contributed by atoms with Gasteiger partial charge in [0.2, 0.25) is 0 Å². The lowest BCUT2D eigenvalue weighted by Crippen LogP contribution is -2.34. The van der Waals surface area contributed by atoms with Crippen LogP contribution in [0.2, 0.25) is 0 Å². The topological polar surface area (TPSA) is 15.3 Å². The monoisotopic (exact) mass is 264 g/mol. The minimum Gasteiger partial charge on any atom is -0.316 e. The van der Waals surface area contributed by atoms with Gasteiger partial charge < -0.3 is 5.32 Å². The Kier molecular flexibility index (Phi) is 4.02. The summed E-state index contributed by atoms with van der Waals surface area (Å²) in [6.07, 6.45) is 5.44. The van der Waals surface area contributed by atoms with Crippen molar-refractivity contribution < 1.29 is 0 Å². The molecule has 3 heterocycles. The maximum Gasteiger partial charge on any atom is 0.0331 e. The van der Waals surface area contributed by atoms with Gasteiger partial charge in [-0.15, -0.1) is 11.3 Å². The zero-order valence-electron chi connectivity index (χ0n) is 11.3. The lowest BCUT2D eigenvalue weighted by atomic mass is 9.99. The molecule has 2 atom stereocenters. The normalized spacial score (nSPS) is 28.5. The molecule has 2 aliphatic rings. The Balaban J connectivity index is 1.48. The molecule has 1 saturated heterocycles. The van der Waals surface area contributed by atoms with Crippen LogP contribution in [0.15, 0.2) is 11.4 Å². The second-order valence-electron chi connectivity index (χ2n) is 5.76. The van der Waals surface area contributed by atoms with Crippen molar-refractivity contribution in [3.63, 3.8) is 0 Å². The Morgan fingerprint density at radius 3 is 3.28 bits per heavy atom. The molecule has 1 N–H and O–H groups in total. The molecule has 0 aliphatic carbocycles. The lowest BCUT2D eigenvalue weighted by Gasteiger charge is -2.33. The van der Waals surface area contributed by atoms with Crippen molar-refractivity contribution in [3.8, 4) is 0 Å². The quantitative estimate of drug-likeness (QED) is 0.899. The molecular weight excluding hydrogens is 240 g/mol. The number of fused-ring (bicyclic) bond motifs is 1. The number of hydrogen-bond donors (Lipinski definition) is 1. The van der Waals surface area contributed by atoms with Gasteiger partial charge in [0.15, 0.2) is 0 Å². The van der Waals surface area contributed by atoms with Crippen molar-refractivity contribution >= 4 is 11.3 Å². The van der Waals surface area contributed by atoms with Crippen LogP contribution in [-0.2, 0) is 6.42 Å². The highest BCUT2D eigenvalue weighted by Gasteiger charge is 2.24. The molecule has 3 rings (SSSR count). The van der Waals surface area contributed by atoms with E-state index >= 15 is 0 Å². The third-order valence-corrected chi connectivity index (χ3v) is 5.62. The maximum atomic E-state index is 3.47. The van der Waals surface area contributed by atoms with Crippen molar-refractivity contribution in [2.24, 2.45) is 5.92 Å². The minimum absolute atomic E-state index is 0.640. The van der Waals surface area contributed by atoms with Gasteiger partial charge in [-0.1, -0.05) is 0 Å². The van der Waals surface area contributed by atoms with E-state index in [9.17, 15) is 0 Å². The summed E-state index contributed by atoms with van der Waals surface area (Å²) in [7, 11) is 0. The summed E-state index contributed by atoms with van der Waals surface area (Å²) in [5.41, 5.74) is 1.59. The summed E-state index contributed by atoms with van der Waals surface area (Å²) in [5.74, 6) is 0.946. The molecule has 1 aromatic heterocycles. The molecule has 2 nitrogen and oxygen atoms in total. The first-order valence-corrected chi connectivity index (χ1v) is 8.23. The summed E-state index contributed by atoms with van der Waals surface area (Å²) in [4.78, 5) is 4.30. The van der Waals surface area contributed by atoms with Crippen LogP contribution in [0, 0.1) is 5.92 Å². The van der Waals surface area contributed by atoms with Gasteiger partial charge in [0.1, 0.15) is 0 Å². The van der Waals surface area contributed by atoms with E-state index in [0.29, 0.717) is 6.04 Å². The number of thiophene rings is 1. The van der Waals surface area contributed by atoms with Crippen molar-refractivity contribution in [2.75, 3.05) is 26.2 Å². The first kappa shape index (κ1) is 12.6. The molecule has 0 radical (unpaired) electrons. The van der Waals surface area contributed by atoms with E-state index in [1.807, 2.05) is 11.3 Å². The summed E-state index contributed by atoms with van der Waals surface area (Å²) in [6.45, 7) is 7.42. The number of nitrogens with zero attached hydrogens (tertiary/aromatic N) is 1. The number of rotatable bonds is 4. The summed E-state index contributed by atoms with van der Waals surface area (Å²) >= 11 is 1.94. The molecule has 1 aromatic rings. The maximum absolute atomic E-state index is 3.47. The molecule has 0 spiro atoms. The second kappa shape index (κ2) is 5.72. The SMILES string of the molecule is CC1c2ccsc2CCN1CCCC1CCNC1. The zero-order chi connectivity index (χ0) is 12.4. The van der Waals surface area contributed by atoms with E-state index in [0.717, 1.165) is 5.92 Å². The number of nitrogens with one attached hydrogen (secondary N) is 1. The van der Waals surface area contributed by atoms with E-state index < -0.39 is 0 Å². The van der Waals surface area contributed by atoms with Crippen molar-refractivity contribution in [3.05, 3.63) is 21.9 Å². The fraction of sp³-hybridized carbons (Fsp3) is 0.733. The van der Waals surface area contributed by atoms with Crippen molar-refractivity contribution in [1.29, 1.82) is 0 Å². The Bertz CT molecular complexity index is 382. The van der Waals surface area contributed by atoms with Gasteiger partial charge in [-0.25, -0.2) is 0 Å². The second-order valence-corrected chi connectivity index (χ2v) is 6.76. The predicted octanol–water partition coefficient (Wildman–Crippen LogP) is 3.06. The molecule has 100 valence electrons. The van der Waals surface area contributed by atoms with E-state index in [1.54, 1.807) is 10.4 Å². The van der Waals surface area contributed by atoms with E-state index in [-0.39, 0.29) is 0 Å².